The number of carbonyl (C=O) groups excluding carboxylic acids is 1. The van der Waals surface area contributed by atoms with Crippen molar-refractivity contribution in [2.45, 2.75) is 32.1 Å². The standard InChI is InChI=1S/C21H25N3O3/c1-16-4-2-3-5-18(16)15-23-19-14-17(6-9-22-19)20(25)24-10-7-21(8-11-24)26-12-13-27-21/h2-6,9,14H,7-8,10-13,15H2,1H3,(H,22,23). The van der Waals surface area contributed by atoms with Crippen molar-refractivity contribution in [2.75, 3.05) is 31.6 Å². The summed E-state index contributed by atoms with van der Waals surface area (Å²) in [6, 6.07) is 11.8. The van der Waals surface area contributed by atoms with Crippen LogP contribution in [0.2, 0.25) is 0 Å². The average Bonchev–Trinajstić information content (AvgIpc) is 3.16. The van der Waals surface area contributed by atoms with E-state index in [9.17, 15) is 4.79 Å². The Morgan fingerprint density at radius 1 is 1.19 bits per heavy atom. The van der Waals surface area contributed by atoms with E-state index in [1.54, 1.807) is 12.3 Å². The number of carbonyl (C=O) groups is 1. The van der Waals surface area contributed by atoms with Gasteiger partial charge >= 0.3 is 0 Å². The monoisotopic (exact) mass is 367 g/mol. The Morgan fingerprint density at radius 3 is 2.67 bits per heavy atom. The summed E-state index contributed by atoms with van der Waals surface area (Å²) in [6.45, 7) is 5.35. The first-order chi connectivity index (χ1) is 13.2. The van der Waals surface area contributed by atoms with Gasteiger partial charge in [0.05, 0.1) is 13.2 Å². The molecule has 6 heteroatoms. The number of benzene rings is 1. The topological polar surface area (TPSA) is 63.7 Å². The Labute approximate surface area is 159 Å². The van der Waals surface area contributed by atoms with E-state index in [1.165, 1.54) is 11.1 Å². The number of pyridine rings is 1. The van der Waals surface area contributed by atoms with Crippen LogP contribution in [0.25, 0.3) is 0 Å². The van der Waals surface area contributed by atoms with Gasteiger partial charge in [0.1, 0.15) is 5.82 Å². The van der Waals surface area contributed by atoms with Gasteiger partial charge in [-0.25, -0.2) is 4.98 Å². The van der Waals surface area contributed by atoms with Gasteiger partial charge in [0, 0.05) is 44.2 Å². The van der Waals surface area contributed by atoms with Gasteiger partial charge in [0.15, 0.2) is 5.79 Å². The Bertz CT molecular complexity index is 808. The first kappa shape index (κ1) is 17.9. The molecule has 27 heavy (non-hydrogen) atoms. The van der Waals surface area contributed by atoms with Crippen molar-refractivity contribution in [3.63, 3.8) is 0 Å². The number of likely N-dealkylation sites (tertiary alicyclic amines) is 1. The molecule has 0 aliphatic carbocycles. The summed E-state index contributed by atoms with van der Waals surface area (Å²) in [7, 11) is 0. The van der Waals surface area contributed by atoms with Gasteiger partial charge in [0.2, 0.25) is 0 Å². The maximum atomic E-state index is 12.9. The number of hydrogen-bond donors (Lipinski definition) is 1. The molecule has 2 fully saturated rings. The van der Waals surface area contributed by atoms with Crippen molar-refractivity contribution >= 4 is 11.7 Å². The van der Waals surface area contributed by atoms with Crippen LogP contribution in [0.5, 0.6) is 0 Å². The molecule has 2 saturated heterocycles. The van der Waals surface area contributed by atoms with Gasteiger partial charge in [-0.2, -0.15) is 0 Å². The molecule has 4 rings (SSSR count). The molecule has 142 valence electrons. The van der Waals surface area contributed by atoms with Crippen molar-refractivity contribution in [1.29, 1.82) is 0 Å². The van der Waals surface area contributed by atoms with Crippen molar-refractivity contribution in [1.82, 2.24) is 9.88 Å². The lowest BCUT2D eigenvalue weighted by molar-refractivity contribution is -0.181. The minimum atomic E-state index is -0.463. The molecule has 1 aromatic carbocycles. The molecule has 1 spiro atoms. The van der Waals surface area contributed by atoms with Crippen LogP contribution in [0.3, 0.4) is 0 Å². The SMILES string of the molecule is Cc1ccccc1CNc1cc(C(=O)N2CCC3(CC2)OCCO3)ccn1. The van der Waals surface area contributed by atoms with E-state index in [0.29, 0.717) is 44.2 Å². The van der Waals surface area contributed by atoms with Gasteiger partial charge in [-0.1, -0.05) is 24.3 Å². The van der Waals surface area contributed by atoms with Crippen molar-refractivity contribution < 1.29 is 14.3 Å². The molecule has 6 nitrogen and oxygen atoms in total. The summed E-state index contributed by atoms with van der Waals surface area (Å²) in [4.78, 5) is 19.1. The highest BCUT2D eigenvalue weighted by Crippen LogP contribution is 2.31. The number of nitrogens with zero attached hydrogens (tertiary/aromatic N) is 2. The summed E-state index contributed by atoms with van der Waals surface area (Å²) in [5.41, 5.74) is 3.10. The minimum Gasteiger partial charge on any atom is -0.366 e. The number of rotatable bonds is 4. The average molecular weight is 367 g/mol. The molecule has 1 aromatic heterocycles. The van der Waals surface area contributed by atoms with Crippen LogP contribution in [0, 0.1) is 6.92 Å². The number of hydrogen-bond acceptors (Lipinski definition) is 5. The highest BCUT2D eigenvalue weighted by Gasteiger charge is 2.40. The molecule has 1 amide bonds. The number of amides is 1. The lowest BCUT2D eigenvalue weighted by Crippen LogP contribution is -2.47. The van der Waals surface area contributed by atoms with Crippen LogP contribution in [0.4, 0.5) is 5.82 Å². The Kier molecular flexibility index (Phi) is 5.09. The molecule has 0 saturated carbocycles. The zero-order chi connectivity index (χ0) is 18.7. The number of anilines is 1. The smallest absolute Gasteiger partial charge is 0.254 e. The maximum Gasteiger partial charge on any atom is 0.254 e. The predicted octanol–water partition coefficient (Wildman–Crippen LogP) is 2.98. The van der Waals surface area contributed by atoms with Crippen molar-refractivity contribution in [3.8, 4) is 0 Å². The first-order valence-corrected chi connectivity index (χ1v) is 9.47. The van der Waals surface area contributed by atoms with Gasteiger partial charge in [-0.05, 0) is 30.2 Å². The molecule has 0 unspecified atom stereocenters. The van der Waals surface area contributed by atoms with E-state index >= 15 is 0 Å². The summed E-state index contributed by atoms with van der Waals surface area (Å²) in [5.74, 6) is 0.277. The number of aryl methyl sites for hydroxylation is 1. The third kappa shape index (κ3) is 3.96. The third-order valence-corrected chi connectivity index (χ3v) is 5.35. The Balaban J connectivity index is 1.38. The predicted molar refractivity (Wildman–Crippen MR) is 103 cm³/mol. The van der Waals surface area contributed by atoms with Crippen molar-refractivity contribution in [3.05, 3.63) is 59.3 Å². The number of aromatic nitrogens is 1. The van der Waals surface area contributed by atoms with Crippen molar-refractivity contribution in [2.24, 2.45) is 0 Å². The van der Waals surface area contributed by atoms with Gasteiger partial charge < -0.3 is 19.7 Å². The van der Waals surface area contributed by atoms with Gasteiger partial charge in [-0.15, -0.1) is 0 Å². The molecular weight excluding hydrogens is 342 g/mol. The fourth-order valence-corrected chi connectivity index (χ4v) is 3.67. The van der Waals surface area contributed by atoms with E-state index in [-0.39, 0.29) is 5.91 Å². The quantitative estimate of drug-likeness (QED) is 0.900. The zero-order valence-corrected chi connectivity index (χ0v) is 15.6. The lowest BCUT2D eigenvalue weighted by atomic mass is 10.0. The van der Waals surface area contributed by atoms with Crippen LogP contribution in [-0.4, -0.2) is 47.9 Å². The number of nitrogens with one attached hydrogen (secondary N) is 1. The largest absolute Gasteiger partial charge is 0.366 e. The second-order valence-electron chi connectivity index (χ2n) is 7.11. The molecule has 0 radical (unpaired) electrons. The van der Waals surface area contributed by atoms with Gasteiger partial charge in [-0.3, -0.25) is 4.79 Å². The molecule has 0 bridgehead atoms. The Hall–Kier alpha value is -2.44. The maximum absolute atomic E-state index is 12.9. The van der Waals surface area contributed by atoms with E-state index in [1.807, 2.05) is 23.1 Å². The number of ether oxygens (including phenoxy) is 2. The van der Waals surface area contributed by atoms with E-state index in [4.69, 9.17) is 9.47 Å². The van der Waals surface area contributed by atoms with Crippen LogP contribution < -0.4 is 5.32 Å². The van der Waals surface area contributed by atoms with Crippen LogP contribution in [0.15, 0.2) is 42.6 Å². The minimum absolute atomic E-state index is 0.0317. The molecule has 1 N–H and O–H groups in total. The molecule has 2 aromatic rings. The Morgan fingerprint density at radius 2 is 1.93 bits per heavy atom. The lowest BCUT2D eigenvalue weighted by Gasteiger charge is -2.37. The van der Waals surface area contributed by atoms with E-state index in [0.717, 1.165) is 12.8 Å². The second-order valence-corrected chi connectivity index (χ2v) is 7.11. The fraction of sp³-hybridized carbons (Fsp3) is 0.429. The second kappa shape index (κ2) is 7.66. The van der Waals surface area contributed by atoms with Gasteiger partial charge in [0.25, 0.3) is 5.91 Å². The highest BCUT2D eigenvalue weighted by atomic mass is 16.7. The molecular formula is C21H25N3O3. The van der Waals surface area contributed by atoms with Crippen LogP contribution >= 0.6 is 0 Å². The van der Waals surface area contributed by atoms with Crippen LogP contribution in [0.1, 0.15) is 34.3 Å². The summed E-state index contributed by atoms with van der Waals surface area (Å²) in [6.07, 6.45) is 3.13. The molecule has 2 aliphatic rings. The summed E-state index contributed by atoms with van der Waals surface area (Å²) < 4.78 is 11.5. The first-order valence-electron chi connectivity index (χ1n) is 9.47. The normalized spacial score (nSPS) is 18.6. The molecule has 0 atom stereocenters. The highest BCUT2D eigenvalue weighted by molar-refractivity contribution is 5.94. The van der Waals surface area contributed by atoms with Crippen LogP contribution in [-0.2, 0) is 16.0 Å². The molecule has 3 heterocycles. The number of piperidine rings is 1. The molecule has 2 aliphatic heterocycles. The zero-order valence-electron chi connectivity index (χ0n) is 15.6. The van der Waals surface area contributed by atoms with E-state index in [2.05, 4.69) is 29.4 Å². The third-order valence-electron chi connectivity index (χ3n) is 5.35. The fourth-order valence-electron chi connectivity index (χ4n) is 3.67. The summed E-state index contributed by atoms with van der Waals surface area (Å²) in [5, 5.41) is 3.32. The van der Waals surface area contributed by atoms with E-state index < -0.39 is 5.79 Å². The summed E-state index contributed by atoms with van der Waals surface area (Å²) >= 11 is 0.